The highest BCUT2D eigenvalue weighted by molar-refractivity contribution is 7.91. The molecule has 3 aromatic rings. The van der Waals surface area contributed by atoms with Crippen LogP contribution in [0.5, 0.6) is 0 Å². The van der Waals surface area contributed by atoms with Gasteiger partial charge in [0, 0.05) is 30.2 Å². The van der Waals surface area contributed by atoms with Crippen molar-refractivity contribution in [2.45, 2.75) is 30.6 Å². The van der Waals surface area contributed by atoms with Crippen LogP contribution in [0.25, 0.3) is 11.3 Å². The normalized spacial score (nSPS) is 11.8. The van der Waals surface area contributed by atoms with Crippen molar-refractivity contribution < 1.29 is 12.8 Å². The Kier molecular flexibility index (Phi) is 5.31. The van der Waals surface area contributed by atoms with Crippen LogP contribution in [0, 0.1) is 5.82 Å². The van der Waals surface area contributed by atoms with Gasteiger partial charge in [-0.25, -0.2) is 17.5 Å². The van der Waals surface area contributed by atoms with Crippen LogP contribution in [0.2, 0.25) is 0 Å². The highest BCUT2D eigenvalue weighted by atomic mass is 32.2. The van der Waals surface area contributed by atoms with Crippen molar-refractivity contribution in [2.75, 3.05) is 0 Å². The first-order valence-electron chi connectivity index (χ1n) is 7.84. The summed E-state index contributed by atoms with van der Waals surface area (Å²) in [4.78, 5) is 0. The summed E-state index contributed by atoms with van der Waals surface area (Å²) in [5.74, 6) is -0.390. The van der Waals surface area contributed by atoms with E-state index in [9.17, 15) is 12.8 Å². The molecule has 2 aromatic heterocycles. The standard InChI is InChI=1S/C17H18FN3O2S2/c1-2-8-21-16(6-7-19-21)14-10-17(24-12-14)25(22,23)20-11-13-4-3-5-15(18)9-13/h3-7,9-10,12,20H,2,8,11H2,1H3. The third-order valence-corrected chi connectivity index (χ3v) is 6.48. The molecule has 0 radical (unpaired) electrons. The van der Waals surface area contributed by atoms with Crippen molar-refractivity contribution in [1.82, 2.24) is 14.5 Å². The second-order valence-electron chi connectivity index (χ2n) is 5.55. The number of sulfonamides is 1. The summed E-state index contributed by atoms with van der Waals surface area (Å²) >= 11 is 1.15. The molecule has 0 aliphatic rings. The molecule has 0 bridgehead atoms. The van der Waals surface area contributed by atoms with E-state index in [1.165, 1.54) is 12.1 Å². The Hall–Kier alpha value is -2.03. The van der Waals surface area contributed by atoms with Crippen LogP contribution in [0.3, 0.4) is 0 Å². The van der Waals surface area contributed by atoms with Gasteiger partial charge in [0.05, 0.1) is 5.69 Å². The van der Waals surface area contributed by atoms with Crippen molar-refractivity contribution in [1.29, 1.82) is 0 Å². The van der Waals surface area contributed by atoms with E-state index >= 15 is 0 Å². The van der Waals surface area contributed by atoms with Crippen molar-refractivity contribution in [3.8, 4) is 11.3 Å². The fourth-order valence-electron chi connectivity index (χ4n) is 2.46. The molecular weight excluding hydrogens is 361 g/mol. The zero-order chi connectivity index (χ0) is 17.9. The molecule has 0 fully saturated rings. The van der Waals surface area contributed by atoms with Crippen LogP contribution in [-0.4, -0.2) is 18.2 Å². The quantitative estimate of drug-likeness (QED) is 0.682. The number of rotatable bonds is 7. The molecule has 1 N–H and O–H groups in total. The SMILES string of the molecule is CCCn1nccc1-c1csc(S(=O)(=O)NCc2cccc(F)c2)c1. The topological polar surface area (TPSA) is 64.0 Å². The zero-order valence-electron chi connectivity index (χ0n) is 13.6. The summed E-state index contributed by atoms with van der Waals surface area (Å²) in [6, 6.07) is 9.37. The van der Waals surface area contributed by atoms with E-state index in [0.29, 0.717) is 5.56 Å². The van der Waals surface area contributed by atoms with E-state index in [1.54, 1.807) is 29.8 Å². The van der Waals surface area contributed by atoms with Gasteiger partial charge >= 0.3 is 0 Å². The molecule has 0 saturated heterocycles. The fourth-order valence-corrected chi connectivity index (χ4v) is 4.69. The summed E-state index contributed by atoms with van der Waals surface area (Å²) < 4.78 is 42.7. The van der Waals surface area contributed by atoms with Gasteiger partial charge in [-0.2, -0.15) is 5.10 Å². The smallest absolute Gasteiger partial charge is 0.250 e. The Labute approximate surface area is 150 Å². The van der Waals surface area contributed by atoms with E-state index in [1.807, 2.05) is 10.7 Å². The predicted octanol–water partition coefficient (Wildman–Crippen LogP) is 3.64. The summed E-state index contributed by atoms with van der Waals surface area (Å²) in [7, 11) is -3.65. The number of aromatic nitrogens is 2. The second kappa shape index (κ2) is 7.47. The van der Waals surface area contributed by atoms with Crippen molar-refractivity contribution in [3.63, 3.8) is 0 Å². The van der Waals surface area contributed by atoms with Crippen LogP contribution in [0.4, 0.5) is 4.39 Å². The molecule has 3 rings (SSSR count). The molecule has 2 heterocycles. The first-order valence-corrected chi connectivity index (χ1v) is 10.2. The Morgan fingerprint density at radius 1 is 1.28 bits per heavy atom. The maximum Gasteiger partial charge on any atom is 0.250 e. The Morgan fingerprint density at radius 2 is 2.12 bits per heavy atom. The lowest BCUT2D eigenvalue weighted by Gasteiger charge is -2.05. The molecule has 0 spiro atoms. The molecule has 0 unspecified atom stereocenters. The number of aryl methyl sites for hydroxylation is 1. The van der Waals surface area contributed by atoms with Crippen molar-refractivity contribution in [3.05, 3.63) is 59.4 Å². The lowest BCUT2D eigenvalue weighted by molar-refractivity contribution is 0.582. The number of benzene rings is 1. The first-order chi connectivity index (χ1) is 12.0. The van der Waals surface area contributed by atoms with Gasteiger partial charge in [-0.3, -0.25) is 4.68 Å². The maximum atomic E-state index is 13.2. The lowest BCUT2D eigenvalue weighted by atomic mass is 10.2. The summed E-state index contributed by atoms with van der Waals surface area (Å²) in [5.41, 5.74) is 2.29. The highest BCUT2D eigenvalue weighted by Gasteiger charge is 2.18. The summed E-state index contributed by atoms with van der Waals surface area (Å²) in [6.45, 7) is 2.88. The minimum Gasteiger partial charge on any atom is -0.265 e. The summed E-state index contributed by atoms with van der Waals surface area (Å²) in [6.07, 6.45) is 2.65. The van der Waals surface area contributed by atoms with Gasteiger partial charge in [0.2, 0.25) is 10.0 Å². The first kappa shape index (κ1) is 17.8. The van der Waals surface area contributed by atoms with E-state index in [0.717, 1.165) is 35.6 Å². The molecule has 0 saturated carbocycles. The molecule has 25 heavy (non-hydrogen) atoms. The van der Waals surface area contributed by atoms with E-state index in [4.69, 9.17) is 0 Å². The van der Waals surface area contributed by atoms with Gasteiger partial charge < -0.3 is 0 Å². The molecule has 0 aliphatic carbocycles. The van der Waals surface area contributed by atoms with Gasteiger partial charge in [0.1, 0.15) is 10.0 Å². The monoisotopic (exact) mass is 379 g/mol. The number of hydrogen-bond acceptors (Lipinski definition) is 4. The molecule has 132 valence electrons. The average molecular weight is 379 g/mol. The number of nitrogens with zero attached hydrogens (tertiary/aromatic N) is 2. The van der Waals surface area contributed by atoms with E-state index < -0.39 is 10.0 Å². The molecule has 1 aromatic carbocycles. The van der Waals surface area contributed by atoms with Gasteiger partial charge in [-0.15, -0.1) is 11.3 Å². The Bertz CT molecular complexity index is 964. The molecule has 5 nitrogen and oxygen atoms in total. The minimum atomic E-state index is -3.65. The van der Waals surface area contributed by atoms with E-state index in [2.05, 4.69) is 16.7 Å². The highest BCUT2D eigenvalue weighted by Crippen LogP contribution is 2.28. The lowest BCUT2D eigenvalue weighted by Crippen LogP contribution is -2.22. The third kappa shape index (κ3) is 4.15. The van der Waals surface area contributed by atoms with Crippen LogP contribution in [0.15, 0.2) is 52.2 Å². The van der Waals surface area contributed by atoms with Gasteiger partial charge in [-0.05, 0) is 36.2 Å². The maximum absolute atomic E-state index is 13.2. The Morgan fingerprint density at radius 3 is 2.88 bits per heavy atom. The summed E-state index contributed by atoms with van der Waals surface area (Å²) in [5, 5.41) is 6.06. The number of halogens is 1. The van der Waals surface area contributed by atoms with Gasteiger partial charge in [0.25, 0.3) is 0 Å². The van der Waals surface area contributed by atoms with E-state index in [-0.39, 0.29) is 16.6 Å². The van der Waals surface area contributed by atoms with Crippen LogP contribution in [-0.2, 0) is 23.1 Å². The zero-order valence-corrected chi connectivity index (χ0v) is 15.3. The molecule has 8 heteroatoms. The van der Waals surface area contributed by atoms with Gasteiger partial charge in [0.15, 0.2) is 0 Å². The Balaban J connectivity index is 1.77. The largest absolute Gasteiger partial charge is 0.265 e. The minimum absolute atomic E-state index is 0.0428. The van der Waals surface area contributed by atoms with Crippen LogP contribution < -0.4 is 4.72 Å². The third-order valence-electron chi connectivity index (χ3n) is 3.64. The van der Waals surface area contributed by atoms with Crippen LogP contribution >= 0.6 is 11.3 Å². The van der Waals surface area contributed by atoms with Gasteiger partial charge in [-0.1, -0.05) is 19.1 Å². The van der Waals surface area contributed by atoms with Crippen molar-refractivity contribution in [2.24, 2.45) is 0 Å². The van der Waals surface area contributed by atoms with Crippen LogP contribution in [0.1, 0.15) is 18.9 Å². The molecule has 0 amide bonds. The molecule has 0 atom stereocenters. The number of nitrogens with one attached hydrogen (secondary N) is 1. The average Bonchev–Trinajstić information content (AvgIpc) is 3.22. The second-order valence-corrected chi connectivity index (χ2v) is 8.45. The molecule has 0 aliphatic heterocycles. The number of hydrogen-bond donors (Lipinski definition) is 1. The fraction of sp³-hybridized carbons (Fsp3) is 0.235. The number of thiophene rings is 1. The predicted molar refractivity (Wildman–Crippen MR) is 96.3 cm³/mol. The van der Waals surface area contributed by atoms with Crippen molar-refractivity contribution >= 4 is 21.4 Å². The molecular formula is C17H18FN3O2S2.